The number of nitrogens with zero attached hydrogens (tertiary/aromatic N) is 2. The Morgan fingerprint density at radius 2 is 1.68 bits per heavy atom. The van der Waals surface area contributed by atoms with E-state index in [1.165, 1.54) is 24.1 Å². The van der Waals surface area contributed by atoms with Crippen LogP contribution < -0.4 is 24.3 Å². The molecule has 41 heavy (non-hydrogen) atoms. The Kier molecular flexibility index (Phi) is 9.75. The average molecular weight is 578 g/mol. The second-order valence-corrected chi connectivity index (χ2v) is 9.31. The first-order chi connectivity index (χ1) is 19.8. The van der Waals surface area contributed by atoms with Gasteiger partial charge in [-0.1, -0.05) is 24.3 Å². The molecule has 1 heterocycles. The van der Waals surface area contributed by atoms with Gasteiger partial charge in [-0.3, -0.25) is 19.8 Å². The molecule has 10 nitrogen and oxygen atoms in total. The quantitative estimate of drug-likeness (QED) is 0.125. The normalized spacial score (nSPS) is 13.7. The third-order valence-electron chi connectivity index (χ3n) is 6.25. The second kappa shape index (κ2) is 13.6. The van der Waals surface area contributed by atoms with E-state index in [-0.39, 0.29) is 24.0 Å². The zero-order valence-electron chi connectivity index (χ0n) is 23.0. The Morgan fingerprint density at radius 3 is 2.41 bits per heavy atom. The molecule has 3 aromatic carbocycles. The molecule has 0 aliphatic carbocycles. The average Bonchev–Trinajstić information content (AvgIpc) is 3.23. The number of amides is 1. The smallest absolute Gasteiger partial charge is 0.310 e. The first-order valence-corrected chi connectivity index (χ1v) is 13.5. The number of hydrogen-bond acceptors (Lipinski definition) is 8. The van der Waals surface area contributed by atoms with E-state index in [1.807, 2.05) is 32.0 Å². The maximum absolute atomic E-state index is 13.2. The Balaban J connectivity index is 1.47. The molecule has 1 fully saturated rings. The van der Waals surface area contributed by atoms with E-state index in [2.05, 4.69) is 5.32 Å². The zero-order chi connectivity index (χ0) is 29.4. The van der Waals surface area contributed by atoms with Crippen LogP contribution in [0.3, 0.4) is 0 Å². The van der Waals surface area contributed by atoms with Gasteiger partial charge in [-0.25, -0.2) is 0 Å². The van der Waals surface area contributed by atoms with Gasteiger partial charge < -0.3 is 24.3 Å². The van der Waals surface area contributed by atoms with Gasteiger partial charge in [0.25, 0.3) is 5.91 Å². The van der Waals surface area contributed by atoms with Gasteiger partial charge >= 0.3 is 5.69 Å². The van der Waals surface area contributed by atoms with E-state index >= 15 is 0 Å². The van der Waals surface area contributed by atoms with E-state index in [4.69, 9.17) is 31.2 Å². The van der Waals surface area contributed by atoms with Crippen molar-refractivity contribution in [1.82, 2.24) is 10.2 Å². The van der Waals surface area contributed by atoms with E-state index in [0.717, 1.165) is 5.56 Å². The second-order valence-electron chi connectivity index (χ2n) is 8.93. The van der Waals surface area contributed by atoms with Crippen LogP contribution in [0.5, 0.6) is 23.0 Å². The van der Waals surface area contributed by atoms with Crippen LogP contribution in [-0.2, 0) is 17.8 Å². The SMILES string of the molecule is CCOc1ccc(CCN2C(=O)/C(=C\c3ccc(OC)c(COc4ccccc4[N+](=O)[O-])c3)NC2=S)cc1OCC. The fourth-order valence-electron chi connectivity index (χ4n) is 4.32. The molecule has 1 aliphatic rings. The van der Waals surface area contributed by atoms with E-state index < -0.39 is 4.92 Å². The summed E-state index contributed by atoms with van der Waals surface area (Å²) < 4.78 is 22.5. The summed E-state index contributed by atoms with van der Waals surface area (Å²) in [7, 11) is 1.53. The number of nitrogens with one attached hydrogen (secondary N) is 1. The molecular weight excluding hydrogens is 546 g/mol. The number of nitro groups is 1. The molecule has 0 atom stereocenters. The molecule has 214 valence electrons. The van der Waals surface area contributed by atoms with Crippen molar-refractivity contribution in [1.29, 1.82) is 0 Å². The fourth-order valence-corrected chi connectivity index (χ4v) is 4.60. The maximum atomic E-state index is 13.2. The van der Waals surface area contributed by atoms with Crippen LogP contribution in [0.15, 0.2) is 66.4 Å². The minimum atomic E-state index is -0.493. The first kappa shape index (κ1) is 29.3. The minimum absolute atomic E-state index is 0.0305. The highest BCUT2D eigenvalue weighted by Crippen LogP contribution is 2.30. The minimum Gasteiger partial charge on any atom is -0.496 e. The number of hydrogen-bond donors (Lipinski definition) is 1. The van der Waals surface area contributed by atoms with Gasteiger partial charge in [0.05, 0.1) is 25.2 Å². The largest absolute Gasteiger partial charge is 0.496 e. The summed E-state index contributed by atoms with van der Waals surface area (Å²) in [5.74, 6) is 1.82. The third kappa shape index (κ3) is 7.12. The van der Waals surface area contributed by atoms with Gasteiger partial charge in [-0.2, -0.15) is 0 Å². The predicted octanol–water partition coefficient (Wildman–Crippen LogP) is 5.28. The van der Waals surface area contributed by atoms with Crippen molar-refractivity contribution in [3.05, 3.63) is 93.2 Å². The third-order valence-corrected chi connectivity index (χ3v) is 6.58. The van der Waals surface area contributed by atoms with Gasteiger partial charge in [-0.15, -0.1) is 0 Å². The molecule has 4 rings (SSSR count). The number of rotatable bonds is 13. The number of nitro benzene ring substituents is 1. The van der Waals surface area contributed by atoms with Crippen LogP contribution in [0, 0.1) is 10.1 Å². The van der Waals surface area contributed by atoms with Crippen molar-refractivity contribution in [2.24, 2.45) is 0 Å². The Bertz CT molecular complexity index is 1470. The summed E-state index contributed by atoms with van der Waals surface area (Å²) in [4.78, 5) is 25.6. The molecule has 0 radical (unpaired) electrons. The summed E-state index contributed by atoms with van der Waals surface area (Å²) in [6.45, 7) is 5.30. The van der Waals surface area contributed by atoms with E-state index in [1.54, 1.807) is 36.4 Å². The number of carbonyl (C=O) groups is 1. The standard InChI is InChI=1S/C30H31N3O7S/c1-4-38-27-13-10-20(18-28(27)39-5-2)14-15-32-29(34)23(31-30(32)41)17-21-11-12-25(37-3)22(16-21)19-40-26-9-7-6-8-24(26)33(35)36/h6-13,16-18H,4-5,14-15,19H2,1-3H3,(H,31,41)/b23-17+. The molecule has 1 amide bonds. The lowest BCUT2D eigenvalue weighted by Gasteiger charge is -2.16. The number of thiocarbonyl (C=S) groups is 1. The predicted molar refractivity (Wildman–Crippen MR) is 158 cm³/mol. The van der Waals surface area contributed by atoms with Gasteiger partial charge in [-0.05, 0) is 80.0 Å². The topological polar surface area (TPSA) is 112 Å². The highest BCUT2D eigenvalue weighted by atomic mass is 32.1. The van der Waals surface area contributed by atoms with Crippen LogP contribution in [0.25, 0.3) is 6.08 Å². The molecule has 0 bridgehead atoms. The summed E-state index contributed by atoms with van der Waals surface area (Å²) in [6, 6.07) is 17.3. The maximum Gasteiger partial charge on any atom is 0.310 e. The molecule has 0 spiro atoms. The van der Waals surface area contributed by atoms with Crippen molar-refractivity contribution >= 4 is 35.0 Å². The van der Waals surface area contributed by atoms with Gasteiger partial charge in [0, 0.05) is 18.2 Å². The van der Waals surface area contributed by atoms with Crippen LogP contribution in [0.2, 0.25) is 0 Å². The summed E-state index contributed by atoms with van der Waals surface area (Å²) in [6.07, 6.45) is 2.27. The van der Waals surface area contributed by atoms with Gasteiger partial charge in [0.1, 0.15) is 18.1 Å². The first-order valence-electron chi connectivity index (χ1n) is 13.1. The molecule has 1 saturated heterocycles. The number of ether oxygens (including phenoxy) is 4. The molecule has 1 aliphatic heterocycles. The van der Waals surface area contributed by atoms with E-state index in [0.29, 0.717) is 65.4 Å². The molecule has 3 aromatic rings. The molecule has 0 unspecified atom stereocenters. The molecule has 0 saturated carbocycles. The van der Waals surface area contributed by atoms with Crippen LogP contribution in [0.4, 0.5) is 5.69 Å². The van der Waals surface area contributed by atoms with Gasteiger partial charge in [0.2, 0.25) is 0 Å². The number of benzene rings is 3. The number of para-hydroxylation sites is 2. The van der Waals surface area contributed by atoms with Crippen molar-refractivity contribution in [3.63, 3.8) is 0 Å². The summed E-state index contributed by atoms with van der Waals surface area (Å²) in [5.41, 5.74) is 2.57. The molecule has 11 heteroatoms. The summed E-state index contributed by atoms with van der Waals surface area (Å²) in [5, 5.41) is 14.7. The van der Waals surface area contributed by atoms with Crippen molar-refractivity contribution < 1.29 is 28.7 Å². The molecule has 0 aromatic heterocycles. The molecule has 1 N–H and O–H groups in total. The lowest BCUT2D eigenvalue weighted by atomic mass is 10.1. The Hall–Kier alpha value is -4.64. The highest BCUT2D eigenvalue weighted by Gasteiger charge is 2.30. The van der Waals surface area contributed by atoms with Crippen LogP contribution in [0.1, 0.15) is 30.5 Å². The lowest BCUT2D eigenvalue weighted by molar-refractivity contribution is -0.385. The zero-order valence-corrected chi connectivity index (χ0v) is 23.9. The Morgan fingerprint density at radius 1 is 0.951 bits per heavy atom. The summed E-state index contributed by atoms with van der Waals surface area (Å²) >= 11 is 5.46. The Labute approximate surface area is 243 Å². The van der Waals surface area contributed by atoms with Crippen LogP contribution >= 0.6 is 12.2 Å². The van der Waals surface area contributed by atoms with Crippen molar-refractivity contribution in [2.75, 3.05) is 26.9 Å². The lowest BCUT2D eigenvalue weighted by Crippen LogP contribution is -2.32. The highest BCUT2D eigenvalue weighted by molar-refractivity contribution is 7.80. The monoisotopic (exact) mass is 577 g/mol. The number of carbonyl (C=O) groups excluding carboxylic acids is 1. The van der Waals surface area contributed by atoms with Crippen molar-refractivity contribution in [3.8, 4) is 23.0 Å². The van der Waals surface area contributed by atoms with E-state index in [9.17, 15) is 14.9 Å². The molecular formula is C30H31N3O7S. The van der Waals surface area contributed by atoms with Gasteiger partial charge in [0.15, 0.2) is 22.4 Å². The number of methoxy groups -OCH3 is 1. The fraction of sp³-hybridized carbons (Fsp3) is 0.267. The van der Waals surface area contributed by atoms with Crippen LogP contribution in [-0.4, -0.2) is 47.7 Å². The van der Waals surface area contributed by atoms with Crippen molar-refractivity contribution in [2.45, 2.75) is 26.9 Å².